The van der Waals surface area contributed by atoms with Crippen LogP contribution in [0.3, 0.4) is 0 Å². The summed E-state index contributed by atoms with van der Waals surface area (Å²) in [5, 5.41) is 3.42. The second kappa shape index (κ2) is 7.10. The fourth-order valence-electron chi connectivity index (χ4n) is 2.25. The summed E-state index contributed by atoms with van der Waals surface area (Å²) in [6.07, 6.45) is 5.66. The molecule has 1 aliphatic rings. The highest BCUT2D eigenvalue weighted by Gasteiger charge is 2.15. The van der Waals surface area contributed by atoms with E-state index in [-0.39, 0.29) is 0 Å². The molecule has 1 aromatic heterocycles. The highest BCUT2D eigenvalue weighted by molar-refractivity contribution is 9.10. The Bertz CT molecular complexity index is 349. The molecule has 0 aromatic carbocycles. The second-order valence-electron chi connectivity index (χ2n) is 5.17. The van der Waals surface area contributed by atoms with Gasteiger partial charge in [-0.05, 0) is 72.3 Å². The minimum Gasteiger partial charge on any atom is -0.492 e. The topological polar surface area (TPSA) is 34.1 Å². The van der Waals surface area contributed by atoms with Gasteiger partial charge in [-0.2, -0.15) is 0 Å². The summed E-state index contributed by atoms with van der Waals surface area (Å²) in [6, 6.07) is 3.86. The van der Waals surface area contributed by atoms with Crippen LogP contribution in [0.2, 0.25) is 0 Å². The maximum absolute atomic E-state index is 5.74. The fourth-order valence-corrected chi connectivity index (χ4v) is 2.49. The molecule has 18 heavy (non-hydrogen) atoms. The van der Waals surface area contributed by atoms with Crippen LogP contribution in [-0.2, 0) is 0 Å². The van der Waals surface area contributed by atoms with E-state index in [1.165, 1.54) is 32.4 Å². The Morgan fingerprint density at radius 2 is 2.44 bits per heavy atom. The van der Waals surface area contributed by atoms with Crippen molar-refractivity contribution in [3.63, 3.8) is 0 Å². The van der Waals surface area contributed by atoms with E-state index in [9.17, 15) is 0 Å². The average Bonchev–Trinajstić information content (AvgIpc) is 2.89. The van der Waals surface area contributed by atoms with Crippen LogP contribution in [0.4, 0.5) is 0 Å². The summed E-state index contributed by atoms with van der Waals surface area (Å²) in [4.78, 5) is 4.15. The third kappa shape index (κ3) is 4.58. The van der Waals surface area contributed by atoms with E-state index in [2.05, 4.69) is 33.2 Å². The minimum atomic E-state index is 0.606. The van der Waals surface area contributed by atoms with Crippen molar-refractivity contribution >= 4 is 15.9 Å². The van der Waals surface area contributed by atoms with Crippen molar-refractivity contribution in [2.24, 2.45) is 11.8 Å². The molecule has 0 radical (unpaired) electrons. The van der Waals surface area contributed by atoms with Gasteiger partial charge in [0.1, 0.15) is 10.4 Å². The predicted molar refractivity (Wildman–Crippen MR) is 76.8 cm³/mol. The SMILES string of the molecule is CC(CC[C@H]1CCNC1)COc1ccc(Br)nc1. The first-order valence-electron chi connectivity index (χ1n) is 6.69. The highest BCUT2D eigenvalue weighted by Crippen LogP contribution is 2.19. The van der Waals surface area contributed by atoms with Crippen LogP contribution in [0.15, 0.2) is 22.9 Å². The van der Waals surface area contributed by atoms with Gasteiger partial charge in [-0.1, -0.05) is 6.92 Å². The molecule has 1 unspecified atom stereocenters. The van der Waals surface area contributed by atoms with Crippen molar-refractivity contribution in [1.82, 2.24) is 10.3 Å². The summed E-state index contributed by atoms with van der Waals surface area (Å²) < 4.78 is 6.58. The Labute approximate surface area is 117 Å². The summed E-state index contributed by atoms with van der Waals surface area (Å²) in [5.41, 5.74) is 0. The van der Waals surface area contributed by atoms with Gasteiger partial charge < -0.3 is 10.1 Å². The summed E-state index contributed by atoms with van der Waals surface area (Å²) in [5.74, 6) is 2.34. The lowest BCUT2D eigenvalue weighted by molar-refractivity contribution is 0.243. The summed E-state index contributed by atoms with van der Waals surface area (Å²) in [6.45, 7) is 5.43. The first-order valence-corrected chi connectivity index (χ1v) is 7.48. The minimum absolute atomic E-state index is 0.606. The molecule has 3 nitrogen and oxygen atoms in total. The highest BCUT2D eigenvalue weighted by atomic mass is 79.9. The molecule has 100 valence electrons. The van der Waals surface area contributed by atoms with Gasteiger partial charge in [0.05, 0.1) is 12.8 Å². The van der Waals surface area contributed by atoms with Gasteiger partial charge in [-0.15, -0.1) is 0 Å². The number of rotatable bonds is 6. The van der Waals surface area contributed by atoms with Gasteiger partial charge in [0.2, 0.25) is 0 Å². The molecule has 0 aliphatic carbocycles. The van der Waals surface area contributed by atoms with Crippen LogP contribution in [0, 0.1) is 11.8 Å². The van der Waals surface area contributed by atoms with Gasteiger partial charge in [0.15, 0.2) is 0 Å². The van der Waals surface area contributed by atoms with Crippen molar-refractivity contribution in [1.29, 1.82) is 0 Å². The van der Waals surface area contributed by atoms with E-state index in [1.807, 2.05) is 12.1 Å². The number of hydrogen-bond donors (Lipinski definition) is 1. The molecule has 0 saturated carbocycles. The van der Waals surface area contributed by atoms with E-state index in [4.69, 9.17) is 4.74 Å². The number of halogens is 1. The molecule has 0 amide bonds. The van der Waals surface area contributed by atoms with E-state index in [0.29, 0.717) is 5.92 Å². The van der Waals surface area contributed by atoms with Gasteiger partial charge in [0.25, 0.3) is 0 Å². The molecule has 1 N–H and O–H groups in total. The van der Waals surface area contributed by atoms with Gasteiger partial charge in [-0.3, -0.25) is 0 Å². The Morgan fingerprint density at radius 3 is 3.11 bits per heavy atom. The molecular formula is C14H21BrN2O. The lowest BCUT2D eigenvalue weighted by Crippen LogP contribution is -2.13. The summed E-state index contributed by atoms with van der Waals surface area (Å²) >= 11 is 3.32. The Morgan fingerprint density at radius 1 is 1.56 bits per heavy atom. The second-order valence-corrected chi connectivity index (χ2v) is 5.98. The molecule has 2 heterocycles. The zero-order valence-corrected chi connectivity index (χ0v) is 12.4. The van der Waals surface area contributed by atoms with Crippen LogP contribution in [0.1, 0.15) is 26.2 Å². The monoisotopic (exact) mass is 312 g/mol. The molecule has 1 aliphatic heterocycles. The number of hydrogen-bond acceptors (Lipinski definition) is 3. The Balaban J connectivity index is 1.64. The molecule has 1 fully saturated rings. The van der Waals surface area contributed by atoms with E-state index in [1.54, 1.807) is 6.20 Å². The molecule has 4 heteroatoms. The largest absolute Gasteiger partial charge is 0.492 e. The summed E-state index contributed by atoms with van der Waals surface area (Å²) in [7, 11) is 0. The maximum Gasteiger partial charge on any atom is 0.137 e. The van der Waals surface area contributed by atoms with Crippen LogP contribution < -0.4 is 10.1 Å². The van der Waals surface area contributed by atoms with Crippen LogP contribution in [0.25, 0.3) is 0 Å². The number of nitrogens with zero attached hydrogens (tertiary/aromatic N) is 1. The zero-order chi connectivity index (χ0) is 12.8. The van der Waals surface area contributed by atoms with Crippen molar-refractivity contribution in [3.8, 4) is 5.75 Å². The number of nitrogens with one attached hydrogen (secondary N) is 1. The lowest BCUT2D eigenvalue weighted by Gasteiger charge is -2.15. The standard InChI is InChI=1S/C14H21BrN2O/c1-11(2-3-12-6-7-16-8-12)10-18-13-4-5-14(15)17-9-13/h4-5,9,11-12,16H,2-3,6-8,10H2,1H3/t11?,12-/m0/s1. The third-order valence-corrected chi connectivity index (χ3v) is 3.93. The van der Waals surface area contributed by atoms with E-state index < -0.39 is 0 Å². The van der Waals surface area contributed by atoms with Gasteiger partial charge in [0, 0.05) is 0 Å². The average molecular weight is 313 g/mol. The van der Waals surface area contributed by atoms with E-state index in [0.717, 1.165) is 22.9 Å². The van der Waals surface area contributed by atoms with Gasteiger partial charge in [-0.25, -0.2) is 4.98 Å². The van der Waals surface area contributed by atoms with Crippen LogP contribution in [0.5, 0.6) is 5.75 Å². The van der Waals surface area contributed by atoms with E-state index >= 15 is 0 Å². The quantitative estimate of drug-likeness (QED) is 0.819. The maximum atomic E-state index is 5.74. The molecule has 2 atom stereocenters. The number of ether oxygens (including phenoxy) is 1. The first-order chi connectivity index (χ1) is 8.74. The van der Waals surface area contributed by atoms with Crippen molar-refractivity contribution in [3.05, 3.63) is 22.9 Å². The van der Waals surface area contributed by atoms with Crippen LogP contribution >= 0.6 is 15.9 Å². The van der Waals surface area contributed by atoms with Crippen LogP contribution in [-0.4, -0.2) is 24.7 Å². The molecule has 2 rings (SSSR count). The predicted octanol–water partition coefficient (Wildman–Crippen LogP) is 3.25. The molecular weight excluding hydrogens is 292 g/mol. The Kier molecular flexibility index (Phi) is 5.45. The smallest absolute Gasteiger partial charge is 0.137 e. The fraction of sp³-hybridized carbons (Fsp3) is 0.643. The lowest BCUT2D eigenvalue weighted by atomic mass is 9.97. The zero-order valence-electron chi connectivity index (χ0n) is 10.9. The Hall–Kier alpha value is -0.610. The number of pyridine rings is 1. The molecule has 0 bridgehead atoms. The normalized spacial score (nSPS) is 20.9. The van der Waals surface area contributed by atoms with Crippen molar-refractivity contribution < 1.29 is 4.74 Å². The molecule has 1 saturated heterocycles. The molecule has 0 spiro atoms. The van der Waals surface area contributed by atoms with Crippen molar-refractivity contribution in [2.45, 2.75) is 26.2 Å². The van der Waals surface area contributed by atoms with Crippen molar-refractivity contribution in [2.75, 3.05) is 19.7 Å². The molecule has 1 aromatic rings. The third-order valence-electron chi connectivity index (χ3n) is 3.46. The van der Waals surface area contributed by atoms with Gasteiger partial charge >= 0.3 is 0 Å². The number of aromatic nitrogens is 1. The first kappa shape index (κ1) is 13.8.